The molecule has 1 amide bonds. The molecule has 0 atom stereocenters. The van der Waals surface area contributed by atoms with E-state index in [4.69, 9.17) is 11.6 Å². The van der Waals surface area contributed by atoms with E-state index in [9.17, 15) is 4.79 Å². The molecule has 0 aliphatic rings. The minimum Gasteiger partial charge on any atom is -0.376 e. The number of carbonyl (C=O) groups excluding carboxylic acids is 1. The molecule has 2 aromatic carbocycles. The quantitative estimate of drug-likeness (QED) is 0.658. The number of halogens is 1. The number of nitrogens with zero attached hydrogens (tertiary/aromatic N) is 1. The summed E-state index contributed by atoms with van der Waals surface area (Å²) in [6, 6.07) is 15.1. The molecule has 0 aromatic heterocycles. The predicted octanol–water partition coefficient (Wildman–Crippen LogP) is 3.21. The standard InChI is InChI=1S/C16H16ClN3O/c1-12-6-2-5-9-15(12)18-11-16(21)20-19-10-13-7-3-4-8-14(13)17/h2-10,18H,11H2,1H3,(H,20,21). The lowest BCUT2D eigenvalue weighted by Gasteiger charge is -2.07. The third kappa shape index (κ3) is 4.61. The summed E-state index contributed by atoms with van der Waals surface area (Å²) in [6.45, 7) is 2.14. The number of aryl methyl sites for hydroxylation is 1. The zero-order chi connectivity index (χ0) is 15.1. The topological polar surface area (TPSA) is 53.5 Å². The largest absolute Gasteiger partial charge is 0.376 e. The number of amides is 1. The Morgan fingerprint density at radius 3 is 2.67 bits per heavy atom. The van der Waals surface area contributed by atoms with Crippen molar-refractivity contribution in [3.63, 3.8) is 0 Å². The average Bonchev–Trinajstić information content (AvgIpc) is 2.48. The van der Waals surface area contributed by atoms with Gasteiger partial charge in [-0.25, -0.2) is 5.43 Å². The fourth-order valence-corrected chi connectivity index (χ4v) is 1.92. The van der Waals surface area contributed by atoms with E-state index in [1.54, 1.807) is 6.07 Å². The summed E-state index contributed by atoms with van der Waals surface area (Å²) in [5.41, 5.74) is 5.23. The summed E-state index contributed by atoms with van der Waals surface area (Å²) in [7, 11) is 0. The van der Waals surface area contributed by atoms with Crippen molar-refractivity contribution in [1.82, 2.24) is 5.43 Å². The van der Waals surface area contributed by atoms with Crippen LogP contribution in [0.25, 0.3) is 0 Å². The molecule has 0 heterocycles. The first-order valence-corrected chi connectivity index (χ1v) is 6.90. The van der Waals surface area contributed by atoms with Crippen LogP contribution in [0, 0.1) is 6.92 Å². The number of benzene rings is 2. The molecule has 21 heavy (non-hydrogen) atoms. The van der Waals surface area contributed by atoms with Crippen LogP contribution < -0.4 is 10.7 Å². The number of anilines is 1. The van der Waals surface area contributed by atoms with Gasteiger partial charge in [0, 0.05) is 16.3 Å². The van der Waals surface area contributed by atoms with Gasteiger partial charge in [-0.1, -0.05) is 48.0 Å². The second kappa shape index (κ2) is 7.45. The Labute approximate surface area is 128 Å². The van der Waals surface area contributed by atoms with Gasteiger partial charge in [-0.05, 0) is 24.6 Å². The van der Waals surface area contributed by atoms with E-state index in [-0.39, 0.29) is 12.5 Å². The molecule has 2 rings (SSSR count). The van der Waals surface area contributed by atoms with Crippen LogP contribution in [-0.4, -0.2) is 18.7 Å². The lowest BCUT2D eigenvalue weighted by Crippen LogP contribution is -2.26. The fourth-order valence-electron chi connectivity index (χ4n) is 1.74. The molecule has 2 aromatic rings. The van der Waals surface area contributed by atoms with Crippen molar-refractivity contribution >= 4 is 29.4 Å². The minimum absolute atomic E-state index is 0.157. The smallest absolute Gasteiger partial charge is 0.259 e. The summed E-state index contributed by atoms with van der Waals surface area (Å²) >= 11 is 5.98. The molecule has 0 saturated heterocycles. The predicted molar refractivity (Wildman–Crippen MR) is 86.9 cm³/mol. The maximum Gasteiger partial charge on any atom is 0.259 e. The fraction of sp³-hybridized carbons (Fsp3) is 0.125. The van der Waals surface area contributed by atoms with Crippen molar-refractivity contribution < 1.29 is 4.79 Å². The Kier molecular flexibility index (Phi) is 5.35. The SMILES string of the molecule is Cc1ccccc1NCC(=O)NN=Cc1ccccc1Cl. The monoisotopic (exact) mass is 301 g/mol. The van der Waals surface area contributed by atoms with Gasteiger partial charge in [0.05, 0.1) is 12.8 Å². The normalized spacial score (nSPS) is 10.6. The van der Waals surface area contributed by atoms with Gasteiger partial charge in [0.2, 0.25) is 0 Å². The number of hydrogen-bond donors (Lipinski definition) is 2. The van der Waals surface area contributed by atoms with Gasteiger partial charge in [0.25, 0.3) is 5.91 Å². The van der Waals surface area contributed by atoms with Gasteiger partial charge in [-0.15, -0.1) is 0 Å². The van der Waals surface area contributed by atoms with Crippen molar-refractivity contribution in [3.05, 3.63) is 64.7 Å². The molecular formula is C16H16ClN3O. The van der Waals surface area contributed by atoms with Gasteiger partial charge >= 0.3 is 0 Å². The molecule has 0 saturated carbocycles. The summed E-state index contributed by atoms with van der Waals surface area (Å²) < 4.78 is 0. The summed E-state index contributed by atoms with van der Waals surface area (Å²) in [5.74, 6) is -0.221. The van der Waals surface area contributed by atoms with Crippen molar-refractivity contribution in [2.24, 2.45) is 5.10 Å². The molecule has 4 nitrogen and oxygen atoms in total. The molecule has 108 valence electrons. The van der Waals surface area contributed by atoms with Gasteiger partial charge < -0.3 is 5.32 Å². The molecule has 0 spiro atoms. The number of rotatable bonds is 5. The maximum atomic E-state index is 11.7. The van der Waals surface area contributed by atoms with Crippen LogP contribution in [0.5, 0.6) is 0 Å². The molecule has 0 bridgehead atoms. The number of nitrogens with one attached hydrogen (secondary N) is 2. The zero-order valence-corrected chi connectivity index (χ0v) is 12.4. The molecular weight excluding hydrogens is 286 g/mol. The summed E-state index contributed by atoms with van der Waals surface area (Å²) in [6.07, 6.45) is 1.52. The molecule has 0 aliphatic carbocycles. The van der Waals surface area contributed by atoms with E-state index in [0.717, 1.165) is 16.8 Å². The number of para-hydroxylation sites is 1. The lowest BCUT2D eigenvalue weighted by molar-refractivity contribution is -0.119. The molecule has 0 radical (unpaired) electrons. The van der Waals surface area contributed by atoms with Gasteiger partial charge in [0.1, 0.15) is 0 Å². The zero-order valence-electron chi connectivity index (χ0n) is 11.6. The van der Waals surface area contributed by atoms with Crippen LogP contribution in [0.3, 0.4) is 0 Å². The second-order valence-corrected chi connectivity index (χ2v) is 4.89. The van der Waals surface area contributed by atoms with E-state index < -0.39 is 0 Å². The number of carbonyl (C=O) groups is 1. The van der Waals surface area contributed by atoms with Crippen LogP contribution in [0.1, 0.15) is 11.1 Å². The summed E-state index contributed by atoms with van der Waals surface area (Å²) in [5, 5.41) is 7.54. The van der Waals surface area contributed by atoms with Crippen LogP contribution in [-0.2, 0) is 4.79 Å². The second-order valence-electron chi connectivity index (χ2n) is 4.48. The molecule has 0 aliphatic heterocycles. The Morgan fingerprint density at radius 1 is 1.19 bits per heavy atom. The molecule has 0 unspecified atom stereocenters. The molecule has 5 heteroatoms. The van der Waals surface area contributed by atoms with Crippen LogP contribution >= 0.6 is 11.6 Å². The lowest BCUT2D eigenvalue weighted by atomic mass is 10.2. The van der Waals surface area contributed by atoms with Gasteiger partial charge in [-0.3, -0.25) is 4.79 Å². The highest BCUT2D eigenvalue weighted by molar-refractivity contribution is 6.33. The minimum atomic E-state index is -0.221. The third-order valence-corrected chi connectivity index (χ3v) is 3.23. The number of hydrazone groups is 1. The average molecular weight is 302 g/mol. The Morgan fingerprint density at radius 2 is 1.90 bits per heavy atom. The maximum absolute atomic E-state index is 11.7. The first-order chi connectivity index (χ1) is 10.2. The van der Waals surface area contributed by atoms with Crippen molar-refractivity contribution in [1.29, 1.82) is 0 Å². The molecule has 2 N–H and O–H groups in total. The van der Waals surface area contributed by atoms with E-state index in [2.05, 4.69) is 15.8 Å². The highest BCUT2D eigenvalue weighted by atomic mass is 35.5. The first kappa shape index (κ1) is 15.1. The van der Waals surface area contributed by atoms with Crippen molar-refractivity contribution in [2.75, 3.05) is 11.9 Å². The van der Waals surface area contributed by atoms with Crippen LogP contribution in [0.15, 0.2) is 53.6 Å². The highest BCUT2D eigenvalue weighted by Crippen LogP contribution is 2.13. The Balaban J connectivity index is 1.83. The Hall–Kier alpha value is -2.33. The van der Waals surface area contributed by atoms with E-state index in [1.807, 2.05) is 49.4 Å². The van der Waals surface area contributed by atoms with Gasteiger partial charge in [-0.2, -0.15) is 5.10 Å². The highest BCUT2D eigenvalue weighted by Gasteiger charge is 2.01. The van der Waals surface area contributed by atoms with Gasteiger partial charge in [0.15, 0.2) is 0 Å². The van der Waals surface area contributed by atoms with Crippen molar-refractivity contribution in [3.8, 4) is 0 Å². The molecule has 0 fully saturated rings. The van der Waals surface area contributed by atoms with E-state index >= 15 is 0 Å². The third-order valence-electron chi connectivity index (χ3n) is 2.88. The van der Waals surface area contributed by atoms with Crippen molar-refractivity contribution in [2.45, 2.75) is 6.92 Å². The Bertz CT molecular complexity index is 655. The number of hydrogen-bond acceptors (Lipinski definition) is 3. The van der Waals surface area contributed by atoms with E-state index in [0.29, 0.717) is 5.02 Å². The summed E-state index contributed by atoms with van der Waals surface area (Å²) in [4.78, 5) is 11.7. The van der Waals surface area contributed by atoms with Crippen LogP contribution in [0.4, 0.5) is 5.69 Å². The first-order valence-electron chi connectivity index (χ1n) is 6.53. The van der Waals surface area contributed by atoms with E-state index in [1.165, 1.54) is 6.21 Å². The van der Waals surface area contributed by atoms with Crippen LogP contribution in [0.2, 0.25) is 5.02 Å².